The first kappa shape index (κ1) is 22.2. The molecule has 2 fully saturated rings. The first-order valence-electron chi connectivity index (χ1n) is 10.2. The molecule has 3 rings (SSSR count). The molecular weight excluding hydrogens is 392 g/mol. The Bertz CT molecular complexity index is 751. The van der Waals surface area contributed by atoms with Crippen LogP contribution in [-0.4, -0.2) is 77.1 Å². The van der Waals surface area contributed by atoms with Crippen molar-refractivity contribution in [3.63, 3.8) is 0 Å². The minimum Gasteiger partial charge on any atom is -0.480 e. The van der Waals surface area contributed by atoms with Crippen LogP contribution in [0.3, 0.4) is 0 Å². The van der Waals surface area contributed by atoms with E-state index in [1.54, 1.807) is 6.92 Å². The molecule has 1 unspecified atom stereocenters. The van der Waals surface area contributed by atoms with Crippen LogP contribution in [-0.2, 0) is 30.3 Å². The lowest BCUT2D eigenvalue weighted by molar-refractivity contribution is -0.149. The highest BCUT2D eigenvalue weighted by Crippen LogP contribution is 2.30. The summed E-state index contributed by atoms with van der Waals surface area (Å²) in [4.78, 5) is 37.7. The second-order valence-corrected chi connectivity index (χ2v) is 7.75. The number of aryl methyl sites for hydroxylation is 1. The Morgan fingerprint density at radius 3 is 2.43 bits per heavy atom. The lowest BCUT2D eigenvalue weighted by Gasteiger charge is -2.27. The van der Waals surface area contributed by atoms with Gasteiger partial charge in [0.05, 0.1) is 19.3 Å². The fraction of sp³-hybridized carbons (Fsp3) is 0.571. The third-order valence-corrected chi connectivity index (χ3v) is 5.62. The molecule has 0 saturated carbocycles. The highest BCUT2D eigenvalue weighted by Gasteiger charge is 2.45. The molecule has 9 heteroatoms. The second kappa shape index (κ2) is 10.0. The van der Waals surface area contributed by atoms with Gasteiger partial charge >= 0.3 is 11.9 Å². The minimum atomic E-state index is -1.09. The van der Waals surface area contributed by atoms with E-state index in [4.69, 9.17) is 9.47 Å². The number of aliphatic carboxylic acids is 2. The molecule has 0 radical (unpaired) electrons. The van der Waals surface area contributed by atoms with Gasteiger partial charge in [-0.05, 0) is 31.7 Å². The summed E-state index contributed by atoms with van der Waals surface area (Å²) in [6.07, 6.45) is 0.595. The Morgan fingerprint density at radius 1 is 1.17 bits per heavy atom. The van der Waals surface area contributed by atoms with Gasteiger partial charge in [0.1, 0.15) is 12.1 Å². The number of likely N-dealkylation sites (tertiary alicyclic amines) is 1. The Hall–Kier alpha value is -2.49. The van der Waals surface area contributed by atoms with Crippen molar-refractivity contribution >= 4 is 17.8 Å². The van der Waals surface area contributed by atoms with E-state index < -0.39 is 42.3 Å². The SMILES string of the molecule is C[C@H](NC(CCc1ccccc1)C(=O)O)C(=O)N1C[C@@H](C2OCCO2)C[C@H]1C(=O)O. The number of carbonyl (C=O) groups excluding carboxylic acids is 1. The molecule has 0 spiro atoms. The van der Waals surface area contributed by atoms with Gasteiger partial charge in [-0.2, -0.15) is 0 Å². The number of amides is 1. The fourth-order valence-corrected chi connectivity index (χ4v) is 4.05. The van der Waals surface area contributed by atoms with Gasteiger partial charge in [0.15, 0.2) is 6.29 Å². The summed E-state index contributed by atoms with van der Waals surface area (Å²) < 4.78 is 11.0. The standard InChI is InChI=1S/C21H28N2O7/c1-13(22-16(19(25)26)8-7-14-5-3-2-4-6-14)18(24)23-12-15(11-17(23)20(27)28)21-29-9-10-30-21/h2-6,13,15-17,21-22H,7-12H2,1H3,(H,25,26)(H,27,28)/t13-,15-,16?,17-/m0/s1. The molecule has 0 aliphatic carbocycles. The third kappa shape index (κ3) is 5.35. The van der Waals surface area contributed by atoms with Crippen LogP contribution in [0.25, 0.3) is 0 Å². The number of carbonyl (C=O) groups is 3. The smallest absolute Gasteiger partial charge is 0.326 e. The van der Waals surface area contributed by atoms with Crippen molar-refractivity contribution in [2.24, 2.45) is 5.92 Å². The zero-order valence-electron chi connectivity index (χ0n) is 16.9. The molecule has 30 heavy (non-hydrogen) atoms. The number of hydrogen-bond acceptors (Lipinski definition) is 6. The zero-order valence-corrected chi connectivity index (χ0v) is 16.9. The normalized spacial score (nSPS) is 24.0. The van der Waals surface area contributed by atoms with Gasteiger partial charge in [0.25, 0.3) is 0 Å². The average molecular weight is 420 g/mol. The largest absolute Gasteiger partial charge is 0.480 e. The Kier molecular flexibility index (Phi) is 7.41. The van der Waals surface area contributed by atoms with Crippen molar-refractivity contribution in [3.05, 3.63) is 35.9 Å². The van der Waals surface area contributed by atoms with Crippen molar-refractivity contribution in [1.29, 1.82) is 0 Å². The maximum atomic E-state index is 13.0. The van der Waals surface area contributed by atoms with Crippen LogP contribution in [0.1, 0.15) is 25.3 Å². The predicted molar refractivity (Wildman–Crippen MR) is 106 cm³/mol. The maximum Gasteiger partial charge on any atom is 0.326 e. The lowest BCUT2D eigenvalue weighted by atomic mass is 10.0. The molecule has 9 nitrogen and oxygen atoms in total. The number of hydrogen-bond donors (Lipinski definition) is 3. The third-order valence-electron chi connectivity index (χ3n) is 5.62. The van der Waals surface area contributed by atoms with Crippen molar-refractivity contribution in [2.75, 3.05) is 19.8 Å². The van der Waals surface area contributed by atoms with Crippen molar-refractivity contribution in [3.8, 4) is 0 Å². The van der Waals surface area contributed by atoms with Crippen molar-refractivity contribution in [2.45, 2.75) is 50.6 Å². The molecule has 0 aromatic heterocycles. The Labute approximate surface area is 175 Å². The van der Waals surface area contributed by atoms with Gasteiger partial charge in [-0.1, -0.05) is 30.3 Å². The topological polar surface area (TPSA) is 125 Å². The van der Waals surface area contributed by atoms with E-state index in [2.05, 4.69) is 5.32 Å². The van der Waals surface area contributed by atoms with Gasteiger partial charge in [-0.15, -0.1) is 0 Å². The summed E-state index contributed by atoms with van der Waals surface area (Å²) in [5, 5.41) is 22.0. The van der Waals surface area contributed by atoms with Crippen LogP contribution >= 0.6 is 0 Å². The summed E-state index contributed by atoms with van der Waals surface area (Å²) in [6, 6.07) is 6.76. The van der Waals surface area contributed by atoms with Gasteiger partial charge in [-0.25, -0.2) is 4.79 Å². The molecular formula is C21H28N2O7. The summed E-state index contributed by atoms with van der Waals surface area (Å²) in [6.45, 7) is 2.67. The van der Waals surface area contributed by atoms with Crippen LogP contribution in [0, 0.1) is 5.92 Å². The lowest BCUT2D eigenvalue weighted by Crippen LogP contribution is -2.53. The zero-order chi connectivity index (χ0) is 21.7. The monoisotopic (exact) mass is 420 g/mol. The van der Waals surface area contributed by atoms with Gasteiger partial charge < -0.3 is 24.6 Å². The molecule has 1 amide bonds. The van der Waals surface area contributed by atoms with Gasteiger partial charge in [0.2, 0.25) is 5.91 Å². The number of ether oxygens (including phenoxy) is 2. The second-order valence-electron chi connectivity index (χ2n) is 7.75. The molecule has 2 heterocycles. The molecule has 2 aliphatic heterocycles. The van der Waals surface area contributed by atoms with Gasteiger partial charge in [0, 0.05) is 12.5 Å². The predicted octanol–water partition coefficient (Wildman–Crippen LogP) is 0.725. The molecule has 2 aliphatic rings. The van der Waals surface area contributed by atoms with Crippen LogP contribution in [0.15, 0.2) is 30.3 Å². The fourth-order valence-electron chi connectivity index (χ4n) is 4.05. The summed E-state index contributed by atoms with van der Waals surface area (Å²) in [7, 11) is 0. The molecule has 1 aromatic carbocycles. The van der Waals surface area contributed by atoms with Gasteiger partial charge in [-0.3, -0.25) is 14.9 Å². The number of benzene rings is 1. The average Bonchev–Trinajstić information content (AvgIpc) is 3.40. The van der Waals surface area contributed by atoms with Crippen LogP contribution in [0.4, 0.5) is 0 Å². The number of nitrogens with one attached hydrogen (secondary N) is 1. The van der Waals surface area contributed by atoms with E-state index in [1.165, 1.54) is 4.90 Å². The highest BCUT2D eigenvalue weighted by molar-refractivity contribution is 5.88. The van der Waals surface area contributed by atoms with E-state index in [0.29, 0.717) is 26.1 Å². The Morgan fingerprint density at radius 2 is 1.83 bits per heavy atom. The van der Waals surface area contributed by atoms with Crippen LogP contribution in [0.5, 0.6) is 0 Å². The molecule has 4 atom stereocenters. The minimum absolute atomic E-state index is 0.203. The van der Waals surface area contributed by atoms with E-state index >= 15 is 0 Å². The maximum absolute atomic E-state index is 13.0. The molecule has 2 saturated heterocycles. The quantitative estimate of drug-likeness (QED) is 0.534. The first-order valence-corrected chi connectivity index (χ1v) is 10.2. The molecule has 1 aromatic rings. The molecule has 0 bridgehead atoms. The number of carboxylic acids is 2. The number of rotatable bonds is 9. The summed E-state index contributed by atoms with van der Waals surface area (Å²) in [5.74, 6) is -2.80. The molecule has 164 valence electrons. The van der Waals surface area contributed by atoms with Crippen molar-refractivity contribution in [1.82, 2.24) is 10.2 Å². The first-order chi connectivity index (χ1) is 14.4. The number of nitrogens with zero attached hydrogens (tertiary/aromatic N) is 1. The van der Waals surface area contributed by atoms with Crippen LogP contribution < -0.4 is 5.32 Å². The molecule has 3 N–H and O–H groups in total. The summed E-state index contributed by atoms with van der Waals surface area (Å²) >= 11 is 0. The van der Waals surface area contributed by atoms with E-state index in [-0.39, 0.29) is 18.9 Å². The highest BCUT2D eigenvalue weighted by atomic mass is 16.7. The van der Waals surface area contributed by atoms with Crippen LogP contribution in [0.2, 0.25) is 0 Å². The Balaban J connectivity index is 1.61. The summed E-state index contributed by atoms with van der Waals surface area (Å²) in [5.41, 5.74) is 1.01. The van der Waals surface area contributed by atoms with E-state index in [0.717, 1.165) is 5.56 Å². The van der Waals surface area contributed by atoms with E-state index in [1.807, 2.05) is 30.3 Å². The van der Waals surface area contributed by atoms with E-state index in [9.17, 15) is 24.6 Å². The number of carboxylic acid groups (broad SMARTS) is 2. The van der Waals surface area contributed by atoms with Crippen molar-refractivity contribution < 1.29 is 34.1 Å².